The van der Waals surface area contributed by atoms with Gasteiger partial charge in [0.25, 0.3) is 0 Å². The van der Waals surface area contributed by atoms with Crippen molar-refractivity contribution >= 4 is 12.4 Å². The Morgan fingerprint density at radius 1 is 1.08 bits per heavy atom. The molecule has 2 aromatic carbocycles. The first-order valence-electron chi connectivity index (χ1n) is 8.37. The van der Waals surface area contributed by atoms with Crippen molar-refractivity contribution in [1.82, 2.24) is 5.32 Å². The van der Waals surface area contributed by atoms with E-state index in [4.69, 9.17) is 14.2 Å². The van der Waals surface area contributed by atoms with Crippen LogP contribution >= 0.6 is 12.4 Å². The fourth-order valence-corrected chi connectivity index (χ4v) is 2.99. The third kappa shape index (κ3) is 4.88. The van der Waals surface area contributed by atoms with Crippen molar-refractivity contribution in [2.45, 2.75) is 26.1 Å². The minimum Gasteiger partial charge on any atom is -0.493 e. The molecule has 0 aromatic heterocycles. The van der Waals surface area contributed by atoms with Crippen LogP contribution in [0, 0.1) is 13.8 Å². The van der Waals surface area contributed by atoms with Gasteiger partial charge in [0.1, 0.15) is 6.10 Å². The number of nitrogens with one attached hydrogen (secondary N) is 1. The predicted molar refractivity (Wildman–Crippen MR) is 102 cm³/mol. The summed E-state index contributed by atoms with van der Waals surface area (Å²) in [5, 5.41) is 3.39. The summed E-state index contributed by atoms with van der Waals surface area (Å²) in [7, 11) is 1.67. The zero-order valence-electron chi connectivity index (χ0n) is 15.0. The Morgan fingerprint density at radius 3 is 2.56 bits per heavy atom. The molecular weight excluding hydrogens is 338 g/mol. The highest BCUT2D eigenvalue weighted by molar-refractivity contribution is 5.85. The molecule has 1 aliphatic rings. The second-order valence-electron chi connectivity index (χ2n) is 6.22. The summed E-state index contributed by atoms with van der Waals surface area (Å²) in [5.41, 5.74) is 3.47. The van der Waals surface area contributed by atoms with Gasteiger partial charge in [0.05, 0.1) is 13.7 Å². The average molecular weight is 364 g/mol. The molecule has 1 aliphatic heterocycles. The number of morpholine rings is 1. The van der Waals surface area contributed by atoms with Gasteiger partial charge in [-0.3, -0.25) is 0 Å². The van der Waals surface area contributed by atoms with E-state index >= 15 is 0 Å². The van der Waals surface area contributed by atoms with Crippen LogP contribution in [0.3, 0.4) is 0 Å². The van der Waals surface area contributed by atoms with Crippen molar-refractivity contribution in [2.24, 2.45) is 0 Å². The number of halogens is 1. The standard InChI is InChI=1S/C20H25NO3.ClH/c1-14-5-4-6-16(11-14)20(19-13-21-9-10-23-19)24-17-8-7-15(2)12-18(17)22-3;/h4-8,11-12,19-21H,9-10,13H2,1-3H3;1H/t19-,20?;/m0./s1. The average Bonchev–Trinajstić information content (AvgIpc) is 2.61. The lowest BCUT2D eigenvalue weighted by molar-refractivity contribution is -0.0438. The molecular formula is C20H26ClNO3. The fraction of sp³-hybridized carbons (Fsp3) is 0.400. The minimum atomic E-state index is -0.186. The van der Waals surface area contributed by atoms with Gasteiger partial charge in [-0.05, 0) is 37.1 Å². The molecule has 0 amide bonds. The smallest absolute Gasteiger partial charge is 0.162 e. The molecule has 5 heteroatoms. The predicted octanol–water partition coefficient (Wildman–Crippen LogP) is 3.84. The van der Waals surface area contributed by atoms with Crippen LogP contribution in [0.2, 0.25) is 0 Å². The summed E-state index contributed by atoms with van der Waals surface area (Å²) < 4.78 is 17.9. The Hall–Kier alpha value is -1.75. The number of methoxy groups -OCH3 is 1. The van der Waals surface area contributed by atoms with Gasteiger partial charge in [0.2, 0.25) is 0 Å². The number of rotatable bonds is 5. The van der Waals surface area contributed by atoms with Crippen LogP contribution in [0.5, 0.6) is 11.5 Å². The molecule has 0 radical (unpaired) electrons. The monoisotopic (exact) mass is 363 g/mol. The molecule has 0 saturated carbocycles. The van der Waals surface area contributed by atoms with Gasteiger partial charge in [-0.25, -0.2) is 0 Å². The van der Waals surface area contributed by atoms with Gasteiger partial charge >= 0.3 is 0 Å². The summed E-state index contributed by atoms with van der Waals surface area (Å²) in [6.45, 7) is 6.48. The molecule has 1 unspecified atom stereocenters. The molecule has 1 fully saturated rings. The fourth-order valence-electron chi connectivity index (χ4n) is 2.99. The second kappa shape index (κ2) is 9.09. The van der Waals surface area contributed by atoms with Crippen molar-refractivity contribution in [3.05, 3.63) is 59.2 Å². The molecule has 136 valence electrons. The van der Waals surface area contributed by atoms with Crippen molar-refractivity contribution in [1.29, 1.82) is 0 Å². The first-order valence-corrected chi connectivity index (χ1v) is 8.37. The van der Waals surface area contributed by atoms with E-state index in [0.717, 1.165) is 35.7 Å². The largest absolute Gasteiger partial charge is 0.493 e. The van der Waals surface area contributed by atoms with Crippen LogP contribution in [0.4, 0.5) is 0 Å². The number of benzene rings is 2. The maximum absolute atomic E-state index is 6.38. The van der Waals surface area contributed by atoms with Gasteiger partial charge in [0.15, 0.2) is 17.6 Å². The molecule has 2 atom stereocenters. The van der Waals surface area contributed by atoms with E-state index in [2.05, 4.69) is 36.5 Å². The summed E-state index contributed by atoms with van der Waals surface area (Å²) in [6.07, 6.45) is -0.221. The SMILES string of the molecule is COc1cc(C)ccc1OC(c1cccc(C)c1)[C@@H]1CNCCO1.Cl. The van der Waals surface area contributed by atoms with E-state index in [9.17, 15) is 0 Å². The third-order valence-electron chi connectivity index (χ3n) is 4.24. The summed E-state index contributed by atoms with van der Waals surface area (Å²) in [4.78, 5) is 0. The van der Waals surface area contributed by atoms with E-state index in [-0.39, 0.29) is 24.6 Å². The molecule has 1 saturated heterocycles. The van der Waals surface area contributed by atoms with E-state index in [1.54, 1.807) is 7.11 Å². The van der Waals surface area contributed by atoms with Crippen LogP contribution in [0.25, 0.3) is 0 Å². The molecule has 0 spiro atoms. The van der Waals surface area contributed by atoms with Crippen LogP contribution in [-0.2, 0) is 4.74 Å². The van der Waals surface area contributed by atoms with Crippen molar-refractivity contribution < 1.29 is 14.2 Å². The van der Waals surface area contributed by atoms with E-state index in [1.165, 1.54) is 5.56 Å². The Bertz CT molecular complexity index is 686. The van der Waals surface area contributed by atoms with Gasteiger partial charge in [-0.15, -0.1) is 12.4 Å². The van der Waals surface area contributed by atoms with Crippen LogP contribution < -0.4 is 14.8 Å². The molecule has 0 aliphatic carbocycles. The van der Waals surface area contributed by atoms with E-state index in [0.29, 0.717) is 6.61 Å². The maximum Gasteiger partial charge on any atom is 0.162 e. The normalized spacial score (nSPS) is 18.1. The minimum absolute atomic E-state index is 0. The number of ether oxygens (including phenoxy) is 3. The van der Waals surface area contributed by atoms with E-state index < -0.39 is 0 Å². The lowest BCUT2D eigenvalue weighted by atomic mass is 10.0. The molecule has 2 aromatic rings. The van der Waals surface area contributed by atoms with Crippen molar-refractivity contribution in [2.75, 3.05) is 26.8 Å². The van der Waals surface area contributed by atoms with Gasteiger partial charge in [-0.1, -0.05) is 35.9 Å². The topological polar surface area (TPSA) is 39.7 Å². The Balaban J connectivity index is 0.00000225. The zero-order valence-corrected chi connectivity index (χ0v) is 15.8. The Labute approximate surface area is 155 Å². The lowest BCUT2D eigenvalue weighted by Gasteiger charge is -2.32. The van der Waals surface area contributed by atoms with Gasteiger partial charge in [-0.2, -0.15) is 0 Å². The first-order chi connectivity index (χ1) is 11.7. The maximum atomic E-state index is 6.38. The van der Waals surface area contributed by atoms with Gasteiger partial charge < -0.3 is 19.5 Å². The van der Waals surface area contributed by atoms with Gasteiger partial charge in [0, 0.05) is 13.1 Å². The van der Waals surface area contributed by atoms with Crippen LogP contribution in [-0.4, -0.2) is 32.9 Å². The Kier molecular flexibility index (Phi) is 7.12. The summed E-state index contributed by atoms with van der Waals surface area (Å²) >= 11 is 0. The van der Waals surface area contributed by atoms with Crippen LogP contribution in [0.15, 0.2) is 42.5 Å². The second-order valence-corrected chi connectivity index (χ2v) is 6.22. The van der Waals surface area contributed by atoms with Crippen LogP contribution in [0.1, 0.15) is 22.8 Å². The molecule has 1 heterocycles. The van der Waals surface area contributed by atoms with Crippen molar-refractivity contribution in [3.63, 3.8) is 0 Å². The number of hydrogen-bond donors (Lipinski definition) is 1. The highest BCUT2D eigenvalue weighted by atomic mass is 35.5. The third-order valence-corrected chi connectivity index (χ3v) is 4.24. The molecule has 1 N–H and O–H groups in total. The quantitative estimate of drug-likeness (QED) is 0.876. The molecule has 4 nitrogen and oxygen atoms in total. The highest BCUT2D eigenvalue weighted by Gasteiger charge is 2.28. The summed E-state index contributed by atoms with van der Waals surface area (Å²) in [6, 6.07) is 14.4. The number of hydrogen-bond acceptors (Lipinski definition) is 4. The molecule has 0 bridgehead atoms. The zero-order chi connectivity index (χ0) is 16.9. The molecule has 3 rings (SSSR count). The summed E-state index contributed by atoms with van der Waals surface area (Å²) in [5.74, 6) is 1.49. The molecule has 25 heavy (non-hydrogen) atoms. The van der Waals surface area contributed by atoms with Crippen molar-refractivity contribution in [3.8, 4) is 11.5 Å². The lowest BCUT2D eigenvalue weighted by Crippen LogP contribution is -2.43. The number of aryl methyl sites for hydroxylation is 2. The first kappa shape index (κ1) is 19.6. The van der Waals surface area contributed by atoms with E-state index in [1.807, 2.05) is 25.1 Å². The Morgan fingerprint density at radius 2 is 1.88 bits per heavy atom. The highest BCUT2D eigenvalue weighted by Crippen LogP contribution is 2.34.